The Balaban J connectivity index is 1.55. The predicted octanol–water partition coefficient (Wildman–Crippen LogP) is 7.77. The first-order valence-corrected chi connectivity index (χ1v) is 13.0. The molecule has 2 aromatic rings. The van der Waals surface area contributed by atoms with Crippen molar-refractivity contribution in [2.45, 2.75) is 84.0 Å². The summed E-state index contributed by atoms with van der Waals surface area (Å²) in [5, 5.41) is 10.2. The lowest BCUT2D eigenvalue weighted by atomic mass is 9.68. The van der Waals surface area contributed by atoms with Crippen LogP contribution in [0.15, 0.2) is 36.4 Å². The van der Waals surface area contributed by atoms with Crippen LogP contribution in [0.25, 0.3) is 11.3 Å². The van der Waals surface area contributed by atoms with Gasteiger partial charge >= 0.3 is 0 Å². The lowest BCUT2D eigenvalue weighted by Crippen LogP contribution is -2.25. The molecule has 1 saturated carbocycles. The number of alkyl halides is 1. The molecule has 0 amide bonds. The van der Waals surface area contributed by atoms with Gasteiger partial charge in [-0.2, -0.15) is 10.2 Å². The number of halogens is 1. The van der Waals surface area contributed by atoms with E-state index < -0.39 is 0 Å². The molecule has 1 heterocycles. The van der Waals surface area contributed by atoms with E-state index in [0.29, 0.717) is 5.41 Å². The number of rotatable bonds is 12. The predicted molar refractivity (Wildman–Crippen MR) is 129 cm³/mol. The number of hydrogen-bond acceptors (Lipinski definition) is 3. The number of unbranched alkanes of at least 4 members (excludes halogenated alkanes) is 2. The van der Waals surface area contributed by atoms with Gasteiger partial charge in [0, 0.05) is 10.9 Å². The van der Waals surface area contributed by atoms with Crippen LogP contribution < -0.4 is 4.74 Å². The van der Waals surface area contributed by atoms with Crippen molar-refractivity contribution in [1.82, 2.24) is 10.2 Å². The van der Waals surface area contributed by atoms with Gasteiger partial charge in [-0.1, -0.05) is 55.0 Å². The van der Waals surface area contributed by atoms with Crippen LogP contribution in [0, 0.1) is 5.41 Å². The molecule has 0 radical (unpaired) electrons. The van der Waals surface area contributed by atoms with Crippen molar-refractivity contribution in [2.24, 2.45) is 5.41 Å². The highest BCUT2D eigenvalue weighted by Crippen LogP contribution is 2.44. The maximum Gasteiger partial charge on any atom is 0.119 e. The number of aryl methyl sites for hydroxylation is 1. The maximum atomic E-state index is 5.75. The molecular weight excluding hydrogens is 436 g/mol. The number of hydrogen-bond donors (Lipinski definition) is 0. The zero-order valence-corrected chi connectivity index (χ0v) is 20.1. The van der Waals surface area contributed by atoms with Crippen molar-refractivity contribution in [2.75, 3.05) is 11.9 Å². The van der Waals surface area contributed by atoms with Crippen LogP contribution in [0.4, 0.5) is 0 Å². The van der Waals surface area contributed by atoms with Crippen molar-refractivity contribution < 1.29 is 4.74 Å². The summed E-state index contributed by atoms with van der Waals surface area (Å²) >= 11 is 3.59. The first-order valence-electron chi connectivity index (χ1n) is 11.9. The summed E-state index contributed by atoms with van der Waals surface area (Å²) in [5.41, 5.74) is 3.69. The zero-order valence-electron chi connectivity index (χ0n) is 18.5. The first-order chi connectivity index (χ1) is 14.7. The summed E-state index contributed by atoms with van der Waals surface area (Å²) < 4.78 is 5.75. The Kier molecular flexibility index (Phi) is 9.64. The van der Waals surface area contributed by atoms with E-state index in [1.54, 1.807) is 0 Å². The molecular formula is C26H37BrN2O. The molecule has 4 heteroatoms. The molecule has 3 rings (SSSR count). The highest BCUT2D eigenvalue weighted by atomic mass is 79.9. The molecule has 0 bridgehead atoms. The summed E-state index contributed by atoms with van der Waals surface area (Å²) in [4.78, 5) is 0. The normalized spacial score (nSPS) is 15.8. The molecule has 0 atom stereocenters. The van der Waals surface area contributed by atoms with Gasteiger partial charge in [0.1, 0.15) is 5.75 Å². The summed E-state index contributed by atoms with van der Waals surface area (Å²) in [6.07, 6.45) is 15.6. The SMILES string of the molecule is CCCCOc1ccc(-c2ccc(CCC3(CCCCBr)CCCCC3)nn2)cc1. The van der Waals surface area contributed by atoms with E-state index in [-0.39, 0.29) is 0 Å². The van der Waals surface area contributed by atoms with Crippen LogP contribution in [0.1, 0.15) is 83.2 Å². The molecule has 1 aromatic carbocycles. The lowest BCUT2D eigenvalue weighted by Gasteiger charge is -2.37. The average molecular weight is 473 g/mol. The number of ether oxygens (including phenoxy) is 1. The third-order valence-electron chi connectivity index (χ3n) is 6.55. The molecule has 0 unspecified atom stereocenters. The molecule has 30 heavy (non-hydrogen) atoms. The van der Waals surface area contributed by atoms with Crippen molar-refractivity contribution in [1.29, 1.82) is 0 Å². The van der Waals surface area contributed by atoms with E-state index >= 15 is 0 Å². The Morgan fingerprint density at radius 1 is 0.900 bits per heavy atom. The fourth-order valence-electron chi connectivity index (χ4n) is 4.62. The van der Waals surface area contributed by atoms with Gasteiger partial charge < -0.3 is 4.74 Å². The van der Waals surface area contributed by atoms with Crippen molar-refractivity contribution in [3.63, 3.8) is 0 Å². The fourth-order valence-corrected chi connectivity index (χ4v) is 5.01. The Morgan fingerprint density at radius 3 is 2.37 bits per heavy atom. The minimum absolute atomic E-state index is 0.536. The Bertz CT molecular complexity index is 724. The highest BCUT2D eigenvalue weighted by Gasteiger charge is 2.31. The Morgan fingerprint density at radius 2 is 1.70 bits per heavy atom. The monoisotopic (exact) mass is 472 g/mol. The second-order valence-electron chi connectivity index (χ2n) is 8.84. The van der Waals surface area contributed by atoms with E-state index in [1.807, 2.05) is 12.1 Å². The minimum atomic E-state index is 0.536. The summed E-state index contributed by atoms with van der Waals surface area (Å²) in [6.45, 7) is 2.95. The molecule has 1 aromatic heterocycles. The van der Waals surface area contributed by atoms with E-state index in [2.05, 4.69) is 57.3 Å². The highest BCUT2D eigenvalue weighted by molar-refractivity contribution is 9.09. The smallest absolute Gasteiger partial charge is 0.119 e. The minimum Gasteiger partial charge on any atom is -0.494 e. The van der Waals surface area contributed by atoms with Crippen molar-refractivity contribution in [3.05, 3.63) is 42.1 Å². The van der Waals surface area contributed by atoms with Crippen LogP contribution in [-0.4, -0.2) is 22.1 Å². The summed E-state index contributed by atoms with van der Waals surface area (Å²) in [7, 11) is 0. The standard InChI is InChI=1S/C26H37BrN2O/c1-2-3-21-30-24-12-9-22(10-13-24)25-14-11-23(28-29-25)15-19-26(18-7-8-20-27)16-5-4-6-17-26/h9-14H,2-8,15-21H2,1H3. The Labute approximate surface area is 191 Å². The molecule has 0 aliphatic heterocycles. The van der Waals surface area contributed by atoms with Gasteiger partial charge in [0.2, 0.25) is 0 Å². The summed E-state index contributed by atoms with van der Waals surface area (Å²) in [6, 6.07) is 12.5. The van der Waals surface area contributed by atoms with Crippen LogP contribution in [0.5, 0.6) is 5.75 Å². The second-order valence-corrected chi connectivity index (χ2v) is 9.64. The molecule has 0 spiro atoms. The topological polar surface area (TPSA) is 35.0 Å². The van der Waals surface area contributed by atoms with Gasteiger partial charge in [-0.25, -0.2) is 0 Å². The van der Waals surface area contributed by atoms with Crippen LogP contribution in [0.2, 0.25) is 0 Å². The zero-order chi connectivity index (χ0) is 21.1. The van der Waals surface area contributed by atoms with E-state index in [9.17, 15) is 0 Å². The summed E-state index contributed by atoms with van der Waals surface area (Å²) in [5.74, 6) is 0.925. The molecule has 164 valence electrons. The van der Waals surface area contributed by atoms with Gasteiger partial charge in [-0.3, -0.25) is 0 Å². The molecule has 3 nitrogen and oxygen atoms in total. The van der Waals surface area contributed by atoms with Crippen molar-refractivity contribution >= 4 is 15.9 Å². The first kappa shape index (κ1) is 23.2. The maximum absolute atomic E-state index is 5.75. The van der Waals surface area contributed by atoms with Gasteiger partial charge in [0.15, 0.2) is 0 Å². The Hall–Kier alpha value is -1.42. The van der Waals surface area contributed by atoms with Crippen molar-refractivity contribution in [3.8, 4) is 17.0 Å². The third kappa shape index (κ3) is 7.08. The molecule has 0 N–H and O–H groups in total. The van der Waals surface area contributed by atoms with Gasteiger partial charge in [-0.15, -0.1) is 0 Å². The molecule has 0 saturated heterocycles. The lowest BCUT2D eigenvalue weighted by molar-refractivity contribution is 0.153. The second kappa shape index (κ2) is 12.4. The van der Waals surface area contributed by atoms with Gasteiger partial charge in [0.05, 0.1) is 18.0 Å². The van der Waals surface area contributed by atoms with E-state index in [4.69, 9.17) is 4.74 Å². The van der Waals surface area contributed by atoms with Crippen LogP contribution in [0.3, 0.4) is 0 Å². The van der Waals surface area contributed by atoms with Gasteiger partial charge in [0.25, 0.3) is 0 Å². The van der Waals surface area contributed by atoms with E-state index in [0.717, 1.165) is 53.9 Å². The van der Waals surface area contributed by atoms with Crippen LogP contribution >= 0.6 is 15.9 Å². The fraction of sp³-hybridized carbons (Fsp3) is 0.615. The van der Waals surface area contributed by atoms with E-state index in [1.165, 1.54) is 57.8 Å². The quantitative estimate of drug-likeness (QED) is 0.233. The number of benzene rings is 1. The third-order valence-corrected chi connectivity index (χ3v) is 7.11. The average Bonchev–Trinajstić information content (AvgIpc) is 2.80. The molecule has 1 aliphatic carbocycles. The number of nitrogens with zero attached hydrogens (tertiary/aromatic N) is 2. The van der Waals surface area contributed by atoms with Crippen LogP contribution in [-0.2, 0) is 6.42 Å². The van der Waals surface area contributed by atoms with Gasteiger partial charge in [-0.05, 0) is 86.8 Å². The molecule has 1 fully saturated rings. The largest absolute Gasteiger partial charge is 0.494 e. The molecule has 1 aliphatic rings. The number of aromatic nitrogens is 2.